The normalized spacial score (nSPS) is 10.6. The first-order valence-electron chi connectivity index (χ1n) is 3.98. The van der Waals surface area contributed by atoms with E-state index in [-0.39, 0.29) is 0 Å². The van der Waals surface area contributed by atoms with E-state index in [2.05, 4.69) is 4.98 Å². The number of fused-ring (bicyclic) bond motifs is 1. The molecular weight excluding hydrogens is 184 g/mol. The first kappa shape index (κ1) is 8.32. The quantitative estimate of drug-likeness (QED) is 0.697. The number of halogens is 1. The van der Waals surface area contributed by atoms with Crippen LogP contribution in [0.25, 0.3) is 10.9 Å². The van der Waals surface area contributed by atoms with E-state index < -0.39 is 0 Å². The number of aromatic nitrogens is 1. The summed E-state index contributed by atoms with van der Waals surface area (Å²) in [6, 6.07) is 5.79. The molecule has 0 amide bonds. The van der Waals surface area contributed by atoms with Gasteiger partial charge in [-0.25, -0.2) is 0 Å². The van der Waals surface area contributed by atoms with E-state index in [0.29, 0.717) is 10.7 Å². The fraction of sp³-hybridized carbons (Fsp3) is 0.100. The summed E-state index contributed by atoms with van der Waals surface area (Å²) in [4.78, 5) is 4.16. The average molecular weight is 193 g/mol. The van der Waals surface area contributed by atoms with Crippen LogP contribution in [-0.4, -0.2) is 4.98 Å². The van der Waals surface area contributed by atoms with Gasteiger partial charge in [0.15, 0.2) is 0 Å². The minimum atomic E-state index is 0.661. The van der Waals surface area contributed by atoms with Crippen molar-refractivity contribution in [2.75, 3.05) is 5.73 Å². The van der Waals surface area contributed by atoms with Gasteiger partial charge in [-0.1, -0.05) is 11.6 Å². The molecule has 13 heavy (non-hydrogen) atoms. The van der Waals surface area contributed by atoms with Gasteiger partial charge in [0.1, 0.15) is 0 Å². The van der Waals surface area contributed by atoms with Crippen molar-refractivity contribution >= 4 is 28.2 Å². The SMILES string of the molecule is Cc1cc(Cl)c2ncc(N)cc2c1. The molecule has 2 aromatic rings. The van der Waals surface area contributed by atoms with Crippen LogP contribution in [0.4, 0.5) is 5.69 Å². The standard InChI is InChI=1S/C10H9ClN2/c1-6-2-7-4-8(12)5-13-10(7)9(11)3-6/h2-5H,12H2,1H3. The number of nitrogen functional groups attached to an aromatic ring is 1. The Morgan fingerprint density at radius 2 is 2.08 bits per heavy atom. The van der Waals surface area contributed by atoms with E-state index in [4.69, 9.17) is 17.3 Å². The number of rotatable bonds is 0. The molecule has 0 bridgehead atoms. The minimum Gasteiger partial charge on any atom is -0.397 e. The Kier molecular flexibility index (Phi) is 1.85. The second-order valence-electron chi connectivity index (χ2n) is 3.09. The summed E-state index contributed by atoms with van der Waals surface area (Å²) in [5.74, 6) is 0. The van der Waals surface area contributed by atoms with Gasteiger partial charge in [-0.15, -0.1) is 0 Å². The number of hydrogen-bond donors (Lipinski definition) is 1. The predicted octanol–water partition coefficient (Wildman–Crippen LogP) is 2.78. The lowest BCUT2D eigenvalue weighted by atomic mass is 10.1. The highest BCUT2D eigenvalue weighted by molar-refractivity contribution is 6.35. The largest absolute Gasteiger partial charge is 0.397 e. The van der Waals surface area contributed by atoms with E-state index in [0.717, 1.165) is 16.5 Å². The molecule has 0 atom stereocenters. The zero-order valence-electron chi connectivity index (χ0n) is 7.21. The second-order valence-corrected chi connectivity index (χ2v) is 3.49. The third kappa shape index (κ3) is 1.45. The molecule has 0 saturated heterocycles. The average Bonchev–Trinajstić information content (AvgIpc) is 2.02. The molecule has 2 N–H and O–H groups in total. The van der Waals surface area contributed by atoms with Crippen molar-refractivity contribution in [3.63, 3.8) is 0 Å². The first-order valence-corrected chi connectivity index (χ1v) is 4.36. The number of nitrogens with two attached hydrogens (primary N) is 1. The van der Waals surface area contributed by atoms with E-state index >= 15 is 0 Å². The van der Waals surface area contributed by atoms with Crippen LogP contribution in [0, 0.1) is 6.92 Å². The number of hydrogen-bond acceptors (Lipinski definition) is 2. The van der Waals surface area contributed by atoms with Gasteiger partial charge in [-0.2, -0.15) is 0 Å². The summed E-state index contributed by atoms with van der Waals surface area (Å²) in [5, 5.41) is 1.67. The molecular formula is C10H9ClN2. The van der Waals surface area contributed by atoms with E-state index in [1.165, 1.54) is 0 Å². The first-order chi connectivity index (χ1) is 6.16. The van der Waals surface area contributed by atoms with Crippen LogP contribution in [0.2, 0.25) is 5.02 Å². The van der Waals surface area contributed by atoms with Crippen LogP contribution in [0.3, 0.4) is 0 Å². The molecule has 2 rings (SSSR count). The summed E-state index contributed by atoms with van der Waals surface area (Å²) in [6.45, 7) is 1.99. The summed E-state index contributed by atoms with van der Waals surface area (Å²) >= 11 is 6.01. The van der Waals surface area contributed by atoms with Crippen molar-refractivity contribution in [1.29, 1.82) is 0 Å². The van der Waals surface area contributed by atoms with E-state index in [1.54, 1.807) is 6.20 Å². The molecule has 0 aliphatic heterocycles. The maximum Gasteiger partial charge on any atom is 0.0889 e. The van der Waals surface area contributed by atoms with Crippen molar-refractivity contribution in [3.8, 4) is 0 Å². The summed E-state index contributed by atoms with van der Waals surface area (Å²) in [7, 11) is 0. The van der Waals surface area contributed by atoms with Gasteiger partial charge in [0, 0.05) is 5.39 Å². The van der Waals surface area contributed by atoms with Crippen molar-refractivity contribution in [2.45, 2.75) is 6.92 Å². The van der Waals surface area contributed by atoms with Crippen molar-refractivity contribution in [1.82, 2.24) is 4.98 Å². The number of benzene rings is 1. The number of anilines is 1. The Labute approximate surface area is 81.3 Å². The Morgan fingerprint density at radius 3 is 2.85 bits per heavy atom. The van der Waals surface area contributed by atoms with Gasteiger partial charge < -0.3 is 5.73 Å². The van der Waals surface area contributed by atoms with Gasteiger partial charge in [-0.05, 0) is 30.7 Å². The minimum absolute atomic E-state index is 0.661. The lowest BCUT2D eigenvalue weighted by Crippen LogP contribution is -1.88. The van der Waals surface area contributed by atoms with Crippen LogP contribution < -0.4 is 5.73 Å². The number of nitrogens with zero attached hydrogens (tertiary/aromatic N) is 1. The number of aryl methyl sites for hydroxylation is 1. The van der Waals surface area contributed by atoms with Crippen molar-refractivity contribution in [3.05, 3.63) is 35.0 Å². The van der Waals surface area contributed by atoms with Crippen LogP contribution in [0.5, 0.6) is 0 Å². The Balaban J connectivity index is 2.86. The molecule has 0 aliphatic rings. The van der Waals surface area contributed by atoms with Crippen LogP contribution >= 0.6 is 11.6 Å². The molecule has 2 nitrogen and oxygen atoms in total. The molecule has 0 unspecified atom stereocenters. The fourth-order valence-electron chi connectivity index (χ4n) is 1.36. The monoisotopic (exact) mass is 192 g/mol. The van der Waals surface area contributed by atoms with E-state index in [1.807, 2.05) is 25.1 Å². The number of pyridine rings is 1. The van der Waals surface area contributed by atoms with Crippen LogP contribution in [0.1, 0.15) is 5.56 Å². The van der Waals surface area contributed by atoms with Gasteiger partial charge in [0.2, 0.25) is 0 Å². The van der Waals surface area contributed by atoms with Gasteiger partial charge in [-0.3, -0.25) is 4.98 Å². The maximum atomic E-state index is 6.01. The van der Waals surface area contributed by atoms with Gasteiger partial charge in [0.25, 0.3) is 0 Å². The summed E-state index contributed by atoms with van der Waals surface area (Å²) in [5.41, 5.74) is 8.20. The lowest BCUT2D eigenvalue weighted by Gasteiger charge is -2.02. The molecule has 1 heterocycles. The van der Waals surface area contributed by atoms with Gasteiger partial charge in [0.05, 0.1) is 22.4 Å². The molecule has 0 saturated carbocycles. The summed E-state index contributed by atoms with van der Waals surface area (Å²) in [6.07, 6.45) is 1.61. The third-order valence-corrected chi connectivity index (χ3v) is 2.19. The Hall–Kier alpha value is -1.28. The highest BCUT2D eigenvalue weighted by Gasteiger charge is 2.01. The molecule has 1 aromatic heterocycles. The van der Waals surface area contributed by atoms with Crippen molar-refractivity contribution < 1.29 is 0 Å². The highest BCUT2D eigenvalue weighted by Crippen LogP contribution is 2.24. The predicted molar refractivity (Wildman–Crippen MR) is 55.9 cm³/mol. The maximum absolute atomic E-state index is 6.01. The Bertz CT molecular complexity index is 460. The topological polar surface area (TPSA) is 38.9 Å². The van der Waals surface area contributed by atoms with Gasteiger partial charge >= 0.3 is 0 Å². The lowest BCUT2D eigenvalue weighted by molar-refractivity contribution is 1.39. The molecule has 0 radical (unpaired) electrons. The van der Waals surface area contributed by atoms with Crippen molar-refractivity contribution in [2.24, 2.45) is 0 Å². The fourth-order valence-corrected chi connectivity index (χ4v) is 1.69. The summed E-state index contributed by atoms with van der Waals surface area (Å²) < 4.78 is 0. The van der Waals surface area contributed by atoms with Crippen LogP contribution in [-0.2, 0) is 0 Å². The zero-order chi connectivity index (χ0) is 9.42. The highest BCUT2D eigenvalue weighted by atomic mass is 35.5. The third-order valence-electron chi connectivity index (χ3n) is 1.90. The zero-order valence-corrected chi connectivity index (χ0v) is 7.97. The van der Waals surface area contributed by atoms with E-state index in [9.17, 15) is 0 Å². The smallest absolute Gasteiger partial charge is 0.0889 e. The second kappa shape index (κ2) is 2.89. The molecule has 0 aliphatic carbocycles. The molecule has 0 fully saturated rings. The Morgan fingerprint density at radius 1 is 1.31 bits per heavy atom. The molecule has 66 valence electrons. The molecule has 1 aromatic carbocycles. The molecule has 3 heteroatoms. The van der Waals surface area contributed by atoms with Crippen LogP contribution in [0.15, 0.2) is 24.4 Å². The molecule has 0 spiro atoms.